The Morgan fingerprint density at radius 1 is 0.962 bits per heavy atom. The number of β-amino-alcohol motifs (C(OH)–C–C–N with tert-alkyl or cyclic N) is 2. The number of aliphatic hydroxyl groups is 2. The smallest absolute Gasteiger partial charge is 0.228 e. The summed E-state index contributed by atoms with van der Waals surface area (Å²) in [5.74, 6) is -3.34. The van der Waals surface area contributed by atoms with Crippen LogP contribution in [-0.4, -0.2) is 81.8 Å². The summed E-state index contributed by atoms with van der Waals surface area (Å²) in [6.45, 7) is 11.2. The van der Waals surface area contributed by atoms with Gasteiger partial charge in [-0.3, -0.25) is 9.59 Å². The number of amides is 2. The highest BCUT2D eigenvalue weighted by molar-refractivity contribution is 5.82. The monoisotopic (exact) mass is 370 g/mol. The number of hydrogen-bond acceptors (Lipinski definition) is 6. The molecular formula is C18H30N2O6. The zero-order valence-corrected chi connectivity index (χ0v) is 16.4. The maximum atomic E-state index is 12.5. The van der Waals surface area contributed by atoms with Gasteiger partial charge in [0.05, 0.1) is 26.2 Å². The first-order valence-corrected chi connectivity index (χ1v) is 9.05. The van der Waals surface area contributed by atoms with Crippen molar-refractivity contribution in [3.63, 3.8) is 0 Å². The lowest BCUT2D eigenvalue weighted by Crippen LogP contribution is -2.49. The fourth-order valence-electron chi connectivity index (χ4n) is 3.83. The van der Waals surface area contributed by atoms with Gasteiger partial charge in [-0.05, 0) is 0 Å². The van der Waals surface area contributed by atoms with Crippen molar-refractivity contribution in [3.05, 3.63) is 0 Å². The van der Waals surface area contributed by atoms with E-state index in [-0.39, 0.29) is 38.0 Å². The number of carbonyl (C=O) groups is 2. The second kappa shape index (κ2) is 5.64. The second-order valence-corrected chi connectivity index (χ2v) is 9.75. The SMILES string of the molecule is CC(C)(C)C(=O)N1C[C@H](O)[C@]2(C1)O[C@H]1CN(C(=O)C(C)(C)C)C[C@@]1(O)O2. The van der Waals surface area contributed by atoms with E-state index in [2.05, 4.69) is 0 Å². The number of hydrogen-bond donors (Lipinski definition) is 2. The van der Waals surface area contributed by atoms with Gasteiger partial charge in [0.25, 0.3) is 0 Å². The Hall–Kier alpha value is -1.22. The Morgan fingerprint density at radius 2 is 1.46 bits per heavy atom. The standard InChI is InChI=1S/C18H30N2O6/c1-15(2,3)13(22)19-7-11(21)18(10-19)25-12-8-20(9-17(12,24)26-18)14(23)16(4,5)6/h11-12,21,24H,7-10H2,1-6H3/t11-,12-,17+,18+/m0/s1. The van der Waals surface area contributed by atoms with E-state index in [9.17, 15) is 19.8 Å². The van der Waals surface area contributed by atoms with Crippen molar-refractivity contribution in [2.45, 2.75) is 65.3 Å². The van der Waals surface area contributed by atoms with Crippen LogP contribution in [0.15, 0.2) is 0 Å². The van der Waals surface area contributed by atoms with Crippen LogP contribution < -0.4 is 0 Å². The minimum Gasteiger partial charge on any atom is -0.386 e. The predicted molar refractivity (Wildman–Crippen MR) is 91.7 cm³/mol. The average molecular weight is 370 g/mol. The summed E-state index contributed by atoms with van der Waals surface area (Å²) >= 11 is 0. The van der Waals surface area contributed by atoms with Gasteiger partial charge in [-0.25, -0.2) is 0 Å². The van der Waals surface area contributed by atoms with E-state index in [4.69, 9.17) is 9.47 Å². The highest BCUT2D eigenvalue weighted by Gasteiger charge is 2.67. The molecule has 26 heavy (non-hydrogen) atoms. The van der Waals surface area contributed by atoms with Crippen molar-refractivity contribution >= 4 is 11.8 Å². The van der Waals surface area contributed by atoms with E-state index >= 15 is 0 Å². The lowest BCUT2D eigenvalue weighted by Gasteiger charge is -2.32. The third kappa shape index (κ3) is 3.02. The molecule has 0 aromatic carbocycles. The van der Waals surface area contributed by atoms with E-state index in [1.54, 1.807) is 20.8 Å². The molecule has 3 fully saturated rings. The molecule has 0 unspecified atom stereocenters. The fraction of sp³-hybridized carbons (Fsp3) is 0.889. The van der Waals surface area contributed by atoms with Gasteiger partial charge in [0, 0.05) is 10.8 Å². The van der Waals surface area contributed by atoms with Crippen LogP contribution in [0.1, 0.15) is 41.5 Å². The Morgan fingerprint density at radius 3 is 1.92 bits per heavy atom. The first-order chi connectivity index (χ1) is 11.7. The molecule has 0 aromatic heterocycles. The van der Waals surface area contributed by atoms with Gasteiger partial charge in [0.2, 0.25) is 23.4 Å². The topological polar surface area (TPSA) is 99.5 Å². The number of nitrogens with zero attached hydrogens (tertiary/aromatic N) is 2. The molecular weight excluding hydrogens is 340 g/mol. The molecule has 3 rings (SSSR count). The van der Waals surface area contributed by atoms with Crippen molar-refractivity contribution in [2.24, 2.45) is 10.8 Å². The van der Waals surface area contributed by atoms with Crippen molar-refractivity contribution < 1.29 is 29.3 Å². The lowest BCUT2D eigenvalue weighted by atomic mass is 9.95. The summed E-state index contributed by atoms with van der Waals surface area (Å²) in [5.41, 5.74) is -1.16. The summed E-state index contributed by atoms with van der Waals surface area (Å²) in [5, 5.41) is 21.4. The first-order valence-electron chi connectivity index (χ1n) is 9.05. The van der Waals surface area contributed by atoms with Crippen LogP contribution in [0.25, 0.3) is 0 Å². The van der Waals surface area contributed by atoms with Crippen molar-refractivity contribution in [3.8, 4) is 0 Å². The number of rotatable bonds is 0. The van der Waals surface area contributed by atoms with Crippen molar-refractivity contribution in [1.82, 2.24) is 9.80 Å². The molecule has 0 saturated carbocycles. The molecule has 8 nitrogen and oxygen atoms in total. The number of likely N-dealkylation sites (tertiary alicyclic amines) is 2. The third-order valence-electron chi connectivity index (χ3n) is 5.17. The van der Waals surface area contributed by atoms with E-state index in [1.807, 2.05) is 20.8 Å². The molecule has 3 saturated heterocycles. The second-order valence-electron chi connectivity index (χ2n) is 9.75. The van der Waals surface area contributed by atoms with Gasteiger partial charge < -0.3 is 29.5 Å². The molecule has 3 aliphatic heterocycles. The van der Waals surface area contributed by atoms with Crippen LogP contribution in [0.4, 0.5) is 0 Å². The molecule has 0 aromatic rings. The fourth-order valence-corrected chi connectivity index (χ4v) is 3.83. The molecule has 3 heterocycles. The van der Waals surface area contributed by atoms with E-state index < -0.39 is 34.6 Å². The van der Waals surface area contributed by atoms with E-state index in [0.717, 1.165) is 0 Å². The lowest BCUT2D eigenvalue weighted by molar-refractivity contribution is -0.267. The van der Waals surface area contributed by atoms with Gasteiger partial charge in [-0.1, -0.05) is 41.5 Å². The normalized spacial score (nSPS) is 37.5. The van der Waals surface area contributed by atoms with Crippen LogP contribution in [-0.2, 0) is 19.1 Å². The quantitative estimate of drug-likeness (QED) is 0.619. The van der Waals surface area contributed by atoms with Crippen LogP contribution in [0.2, 0.25) is 0 Å². The molecule has 0 aliphatic carbocycles. The molecule has 3 aliphatic rings. The molecule has 1 spiro atoms. The van der Waals surface area contributed by atoms with Crippen LogP contribution in [0.3, 0.4) is 0 Å². The maximum Gasteiger partial charge on any atom is 0.228 e. The van der Waals surface area contributed by atoms with Gasteiger partial charge in [-0.2, -0.15) is 0 Å². The Kier molecular flexibility index (Phi) is 4.24. The maximum absolute atomic E-state index is 12.5. The highest BCUT2D eigenvalue weighted by Crippen LogP contribution is 2.45. The molecule has 0 bridgehead atoms. The molecule has 2 amide bonds. The average Bonchev–Trinajstić information content (AvgIpc) is 3.03. The summed E-state index contributed by atoms with van der Waals surface area (Å²) in [7, 11) is 0. The predicted octanol–water partition coefficient (Wildman–Crippen LogP) is -0.0758. The zero-order chi connectivity index (χ0) is 19.7. The molecule has 148 valence electrons. The van der Waals surface area contributed by atoms with Crippen molar-refractivity contribution in [2.75, 3.05) is 26.2 Å². The number of fused-ring (bicyclic) bond motifs is 1. The Labute approximate surface area is 154 Å². The van der Waals surface area contributed by atoms with Crippen molar-refractivity contribution in [1.29, 1.82) is 0 Å². The third-order valence-corrected chi connectivity index (χ3v) is 5.17. The van der Waals surface area contributed by atoms with Gasteiger partial charge in [0.15, 0.2) is 0 Å². The van der Waals surface area contributed by atoms with Gasteiger partial charge in [0.1, 0.15) is 12.2 Å². The summed E-state index contributed by atoms with van der Waals surface area (Å²) in [6.07, 6.45) is -1.82. The number of ether oxygens (including phenoxy) is 2. The summed E-state index contributed by atoms with van der Waals surface area (Å²) in [6, 6.07) is 0. The first kappa shape index (κ1) is 19.5. The van der Waals surface area contributed by atoms with Crippen LogP contribution >= 0.6 is 0 Å². The molecule has 4 atom stereocenters. The molecule has 8 heteroatoms. The Balaban J connectivity index is 1.74. The minimum atomic E-state index is -1.68. The highest BCUT2D eigenvalue weighted by atomic mass is 16.8. The molecule has 0 radical (unpaired) electrons. The van der Waals surface area contributed by atoms with Gasteiger partial charge in [-0.15, -0.1) is 0 Å². The molecule has 2 N–H and O–H groups in total. The Bertz CT molecular complexity index is 624. The van der Waals surface area contributed by atoms with Crippen LogP contribution in [0, 0.1) is 10.8 Å². The van der Waals surface area contributed by atoms with Gasteiger partial charge >= 0.3 is 0 Å². The van der Waals surface area contributed by atoms with E-state index in [1.165, 1.54) is 9.80 Å². The largest absolute Gasteiger partial charge is 0.386 e. The zero-order valence-electron chi connectivity index (χ0n) is 16.4. The van der Waals surface area contributed by atoms with E-state index in [0.29, 0.717) is 0 Å². The number of carbonyl (C=O) groups excluding carboxylic acids is 2. The minimum absolute atomic E-state index is 0.0184. The van der Waals surface area contributed by atoms with Crippen LogP contribution in [0.5, 0.6) is 0 Å². The summed E-state index contributed by atoms with van der Waals surface area (Å²) in [4.78, 5) is 28.0. The number of aliphatic hydroxyl groups excluding tert-OH is 1. The summed E-state index contributed by atoms with van der Waals surface area (Å²) < 4.78 is 11.7.